The Labute approximate surface area is 538 Å². The Hall–Kier alpha value is -9.86. The average Bonchev–Trinajstić information content (AvgIpc) is 1.59. The van der Waals surface area contributed by atoms with Gasteiger partial charge in [-0.15, -0.1) is 102 Å². The van der Waals surface area contributed by atoms with Gasteiger partial charge >= 0.3 is 0 Å². The quantitative estimate of drug-likeness (QED) is 0.125. The largest absolute Gasteiger partial charge is 0.503 e. The molecule has 87 heavy (non-hydrogen) atoms. The molecular formula is C76H56Ir2N8O-8. The standard InChI is InChI=1S/C30H19N.C17H11NO.2C14H11N3.CH4.2Ir/c1-2-12-23(13-3-1)30(24-14-10-11-22(21-24)29-19-8-9-20-31-29)27-17-6-4-15-25(27)26-16-5-7-18-28(26)30;1-2-8-15(9-3-1)19-16-10-6-7-14(13-16)17-11-4-5-12-18-17;2*1-2-6-13(7-3-1)16-10-11-17(12-16)14-8-4-5-9-15-14;;;/h1-12,14-20H;1-8,10-12H;2*1-6,8-12H;1H4;;/q4*-2;;;. The van der Waals surface area contributed by atoms with Gasteiger partial charge in [-0.25, -0.2) is 9.97 Å². The normalized spacial score (nSPS) is 12.6. The molecule has 12 aromatic rings. The van der Waals surface area contributed by atoms with Crippen LogP contribution in [0, 0.1) is 49.7 Å². The minimum absolute atomic E-state index is 0. The fourth-order valence-electron chi connectivity index (χ4n) is 10.1. The Morgan fingerprint density at radius 1 is 0.345 bits per heavy atom. The van der Waals surface area contributed by atoms with Gasteiger partial charge < -0.3 is 34.3 Å². The Morgan fingerprint density at radius 2 is 0.770 bits per heavy atom. The summed E-state index contributed by atoms with van der Waals surface area (Å²) < 4.78 is 5.70. The number of pyridine rings is 4. The van der Waals surface area contributed by atoms with E-state index in [-0.39, 0.29) is 47.6 Å². The van der Waals surface area contributed by atoms with Crippen LogP contribution in [0.15, 0.2) is 304 Å². The topological polar surface area (TPSA) is 73.8 Å². The molecule has 1 aliphatic carbocycles. The van der Waals surface area contributed by atoms with Crippen LogP contribution in [0.5, 0.6) is 11.5 Å². The minimum atomic E-state index is -0.473. The first-order chi connectivity index (χ1) is 41.7. The predicted molar refractivity (Wildman–Crippen MR) is 341 cm³/mol. The Kier molecular flexibility index (Phi) is 21.5. The molecule has 4 aromatic heterocycles. The number of para-hydroxylation sites is 3. The Balaban J connectivity index is 0.000000142. The number of hydrogen-bond acceptors (Lipinski definition) is 9. The summed E-state index contributed by atoms with van der Waals surface area (Å²) >= 11 is 0. The first-order valence-electron chi connectivity index (χ1n) is 27.3. The molecule has 3 aliphatic rings. The van der Waals surface area contributed by atoms with E-state index in [4.69, 9.17) is 4.74 Å². The van der Waals surface area contributed by atoms with E-state index in [0.29, 0.717) is 11.5 Å². The summed E-state index contributed by atoms with van der Waals surface area (Å²) in [7, 11) is 0. The van der Waals surface area contributed by atoms with Crippen LogP contribution in [0.3, 0.4) is 0 Å². The monoisotopic (exact) mass is 1480 g/mol. The van der Waals surface area contributed by atoms with Crippen molar-refractivity contribution in [2.45, 2.75) is 12.8 Å². The second-order valence-corrected chi connectivity index (χ2v) is 19.1. The Morgan fingerprint density at radius 3 is 1.24 bits per heavy atom. The summed E-state index contributed by atoms with van der Waals surface area (Å²) in [6.07, 6.45) is 15.1. The number of fused-ring (bicyclic) bond motifs is 3. The van der Waals surface area contributed by atoms with Crippen LogP contribution in [0.1, 0.15) is 29.7 Å². The SMILES string of the molecule is C.[Ir].[Ir].[c-]1ccccc1C1(c2[c-]c(-c3ccccn3)ccc2)c2ccccc2-c2ccccc21.[c-]1ccccc1N1C=CN(c2ccccn2)[CH-]1.[c-]1ccccc1N1C=CN(c2ccccn2)[CH-]1.[c-]1ccccc1Oc1[c-]c(-c2ccccn2)ccc1. The molecule has 0 spiro atoms. The van der Waals surface area contributed by atoms with Gasteiger partial charge in [-0.2, -0.15) is 109 Å². The van der Waals surface area contributed by atoms with E-state index >= 15 is 0 Å². The maximum absolute atomic E-state index is 5.70. The number of nitrogens with zero attached hydrogens (tertiary/aromatic N) is 8. The van der Waals surface area contributed by atoms with E-state index in [1.807, 2.05) is 240 Å². The van der Waals surface area contributed by atoms with Crippen LogP contribution < -0.4 is 24.3 Å². The molecule has 0 N–H and O–H groups in total. The van der Waals surface area contributed by atoms with Crippen molar-refractivity contribution in [1.29, 1.82) is 0 Å². The summed E-state index contributed by atoms with van der Waals surface area (Å²) in [5.41, 5.74) is 12.6. The first kappa shape index (κ1) is 61.7. The van der Waals surface area contributed by atoms with Crippen LogP contribution in [0.2, 0.25) is 0 Å². The van der Waals surface area contributed by atoms with Crippen LogP contribution >= 0.6 is 0 Å². The van der Waals surface area contributed by atoms with E-state index in [9.17, 15) is 0 Å². The summed E-state index contributed by atoms with van der Waals surface area (Å²) in [5, 5.41) is 0. The van der Waals surface area contributed by atoms with Gasteiger partial charge in [-0.05, 0) is 94.8 Å². The van der Waals surface area contributed by atoms with Crippen LogP contribution in [-0.4, -0.2) is 19.9 Å². The summed E-state index contributed by atoms with van der Waals surface area (Å²) in [6, 6.07) is 105. The number of aromatic nitrogens is 4. The number of hydrogen-bond donors (Lipinski definition) is 0. The Bertz CT molecular complexity index is 3840. The third-order valence-corrected chi connectivity index (χ3v) is 13.9. The molecule has 0 atom stereocenters. The van der Waals surface area contributed by atoms with Crippen molar-refractivity contribution in [2.75, 3.05) is 19.6 Å². The molecule has 0 fully saturated rings. The predicted octanol–water partition coefficient (Wildman–Crippen LogP) is 17.1. The van der Waals surface area contributed by atoms with Gasteiger partial charge in [-0.3, -0.25) is 0 Å². The van der Waals surface area contributed by atoms with Gasteiger partial charge in [0.2, 0.25) is 0 Å². The maximum atomic E-state index is 5.70. The van der Waals surface area contributed by atoms with Crippen molar-refractivity contribution in [1.82, 2.24) is 19.9 Å². The van der Waals surface area contributed by atoms with E-state index in [1.165, 1.54) is 22.3 Å². The van der Waals surface area contributed by atoms with Crippen molar-refractivity contribution in [2.24, 2.45) is 0 Å². The summed E-state index contributed by atoms with van der Waals surface area (Å²) in [4.78, 5) is 25.4. The van der Waals surface area contributed by atoms with E-state index in [2.05, 4.69) is 135 Å². The third-order valence-electron chi connectivity index (χ3n) is 13.9. The maximum Gasteiger partial charge on any atom is 0.104 e. The second kappa shape index (κ2) is 30.3. The smallest absolute Gasteiger partial charge is 0.104 e. The summed E-state index contributed by atoms with van der Waals surface area (Å²) in [5.74, 6) is 3.15. The van der Waals surface area contributed by atoms with Crippen molar-refractivity contribution in [3.63, 3.8) is 0 Å². The molecule has 432 valence electrons. The van der Waals surface area contributed by atoms with Gasteiger partial charge in [0.15, 0.2) is 0 Å². The summed E-state index contributed by atoms with van der Waals surface area (Å²) in [6.45, 7) is 3.96. The van der Waals surface area contributed by atoms with Gasteiger partial charge in [0, 0.05) is 81.9 Å². The second-order valence-electron chi connectivity index (χ2n) is 19.1. The molecule has 0 amide bonds. The van der Waals surface area contributed by atoms with Crippen LogP contribution in [0.25, 0.3) is 33.6 Å². The van der Waals surface area contributed by atoms with Crippen LogP contribution in [-0.2, 0) is 45.6 Å². The van der Waals surface area contributed by atoms with Gasteiger partial charge in [-0.1, -0.05) is 98.4 Å². The number of anilines is 4. The van der Waals surface area contributed by atoms with Crippen molar-refractivity contribution in [3.05, 3.63) is 376 Å². The number of ether oxygens (including phenoxy) is 1. The molecule has 6 heterocycles. The molecule has 0 saturated carbocycles. The fourth-order valence-corrected chi connectivity index (χ4v) is 10.1. The van der Waals surface area contributed by atoms with Crippen molar-refractivity contribution < 1.29 is 44.9 Å². The molecule has 9 nitrogen and oxygen atoms in total. The van der Waals surface area contributed by atoms with E-state index in [1.54, 1.807) is 18.6 Å². The molecule has 2 radical (unpaired) electrons. The molecule has 2 aliphatic heterocycles. The molecule has 0 unspecified atom stereocenters. The minimum Gasteiger partial charge on any atom is -0.503 e. The molecule has 8 aromatic carbocycles. The van der Waals surface area contributed by atoms with Gasteiger partial charge in [0.25, 0.3) is 0 Å². The van der Waals surface area contributed by atoms with Crippen molar-refractivity contribution >= 4 is 23.0 Å². The fraction of sp³-hybridized carbons (Fsp3) is 0.0263. The zero-order valence-electron chi connectivity index (χ0n) is 46.2. The average molecular weight is 1480 g/mol. The van der Waals surface area contributed by atoms with E-state index in [0.717, 1.165) is 56.7 Å². The molecule has 11 heteroatoms. The van der Waals surface area contributed by atoms with Gasteiger partial charge in [0.05, 0.1) is 0 Å². The molecule has 15 rings (SSSR count). The van der Waals surface area contributed by atoms with Gasteiger partial charge in [0.1, 0.15) is 11.6 Å². The molecular weight excluding hydrogens is 1430 g/mol. The first-order valence-corrected chi connectivity index (χ1v) is 27.3. The zero-order valence-corrected chi connectivity index (χ0v) is 51.0. The van der Waals surface area contributed by atoms with Crippen LogP contribution in [0.4, 0.5) is 23.0 Å². The molecule has 0 bridgehead atoms. The number of benzene rings is 8. The third kappa shape index (κ3) is 14.5. The molecule has 0 saturated heterocycles. The van der Waals surface area contributed by atoms with E-state index < -0.39 is 5.41 Å². The zero-order chi connectivity index (χ0) is 56.6. The van der Waals surface area contributed by atoms with Crippen molar-refractivity contribution in [3.8, 4) is 45.1 Å². The number of rotatable bonds is 10.